The van der Waals surface area contributed by atoms with Gasteiger partial charge in [0.15, 0.2) is 0 Å². The number of hydrogen-bond donors (Lipinski definition) is 1. The summed E-state index contributed by atoms with van der Waals surface area (Å²) in [6, 6.07) is 12.4. The number of fused-ring (bicyclic) bond motifs is 3. The number of cyclic esters (lactones) is 1. The van der Waals surface area contributed by atoms with Gasteiger partial charge >= 0.3 is 5.97 Å². The first-order valence-electron chi connectivity index (χ1n) is 5.34. The van der Waals surface area contributed by atoms with Crippen LogP contribution in [0, 0.1) is 0 Å². The molecule has 0 atom stereocenters. The number of carbonyl (C=O) groups is 1. The SMILES string of the molecule is O=C1OCc2cc(O)ccc2-c2ccccc21. The molecule has 1 N–H and O–H groups in total. The Morgan fingerprint density at radius 2 is 1.76 bits per heavy atom. The number of esters is 1. The van der Waals surface area contributed by atoms with Crippen molar-refractivity contribution < 1.29 is 14.6 Å². The Morgan fingerprint density at radius 1 is 1.00 bits per heavy atom. The molecule has 1 heterocycles. The van der Waals surface area contributed by atoms with Gasteiger partial charge in [0.1, 0.15) is 12.4 Å². The van der Waals surface area contributed by atoms with Crippen molar-refractivity contribution in [2.24, 2.45) is 0 Å². The monoisotopic (exact) mass is 226 g/mol. The van der Waals surface area contributed by atoms with Crippen molar-refractivity contribution in [1.29, 1.82) is 0 Å². The lowest BCUT2D eigenvalue weighted by Gasteiger charge is -2.06. The number of aromatic hydroxyl groups is 1. The minimum atomic E-state index is -0.323. The molecule has 0 unspecified atom stereocenters. The molecule has 2 aromatic rings. The quantitative estimate of drug-likeness (QED) is 0.702. The Labute approximate surface area is 98.3 Å². The number of ether oxygens (including phenoxy) is 1. The van der Waals surface area contributed by atoms with Crippen LogP contribution in [0.2, 0.25) is 0 Å². The summed E-state index contributed by atoms with van der Waals surface area (Å²) in [6.45, 7) is 0.192. The second-order valence-corrected chi connectivity index (χ2v) is 3.96. The first kappa shape index (κ1) is 9.90. The fraction of sp³-hybridized carbons (Fsp3) is 0.0714. The van der Waals surface area contributed by atoms with Crippen molar-refractivity contribution in [2.45, 2.75) is 6.61 Å². The molecule has 0 radical (unpaired) electrons. The van der Waals surface area contributed by atoms with Crippen LogP contribution in [0.4, 0.5) is 0 Å². The second kappa shape index (κ2) is 3.63. The minimum Gasteiger partial charge on any atom is -0.508 e. The van der Waals surface area contributed by atoms with Crippen molar-refractivity contribution in [3.05, 3.63) is 53.6 Å². The van der Waals surface area contributed by atoms with E-state index >= 15 is 0 Å². The van der Waals surface area contributed by atoms with Gasteiger partial charge in [-0.15, -0.1) is 0 Å². The fourth-order valence-corrected chi connectivity index (χ4v) is 2.08. The van der Waals surface area contributed by atoms with Crippen molar-refractivity contribution in [3.63, 3.8) is 0 Å². The van der Waals surface area contributed by atoms with E-state index in [2.05, 4.69) is 0 Å². The molecule has 0 aromatic heterocycles. The normalized spacial score (nSPS) is 13.3. The van der Waals surface area contributed by atoms with E-state index in [0.717, 1.165) is 16.7 Å². The first-order valence-corrected chi connectivity index (χ1v) is 5.34. The standard InChI is InChI=1S/C14H10O3/c15-10-5-6-11-9(7-10)8-17-14(16)13-4-2-1-3-12(11)13/h1-7,15H,8H2. The van der Waals surface area contributed by atoms with Gasteiger partial charge in [0.2, 0.25) is 0 Å². The molecule has 0 saturated heterocycles. The summed E-state index contributed by atoms with van der Waals surface area (Å²) < 4.78 is 5.16. The van der Waals surface area contributed by atoms with Crippen molar-refractivity contribution in [1.82, 2.24) is 0 Å². The lowest BCUT2D eigenvalue weighted by Crippen LogP contribution is -2.02. The van der Waals surface area contributed by atoms with Crippen LogP contribution >= 0.6 is 0 Å². The van der Waals surface area contributed by atoms with Crippen LogP contribution in [0.3, 0.4) is 0 Å². The predicted molar refractivity (Wildman–Crippen MR) is 62.7 cm³/mol. The molecule has 0 saturated carbocycles. The Morgan fingerprint density at radius 3 is 2.59 bits per heavy atom. The second-order valence-electron chi connectivity index (χ2n) is 3.96. The van der Waals surface area contributed by atoms with Crippen molar-refractivity contribution in [2.75, 3.05) is 0 Å². The number of rotatable bonds is 0. The molecule has 0 spiro atoms. The topological polar surface area (TPSA) is 46.5 Å². The highest BCUT2D eigenvalue weighted by atomic mass is 16.5. The summed E-state index contributed by atoms with van der Waals surface area (Å²) >= 11 is 0. The van der Waals surface area contributed by atoms with Crippen LogP contribution in [0.5, 0.6) is 5.75 Å². The maximum absolute atomic E-state index is 11.8. The smallest absolute Gasteiger partial charge is 0.339 e. The highest BCUT2D eigenvalue weighted by molar-refractivity contribution is 5.98. The van der Waals surface area contributed by atoms with E-state index in [1.54, 1.807) is 18.2 Å². The van der Waals surface area contributed by atoms with Crippen LogP contribution in [-0.2, 0) is 11.3 Å². The van der Waals surface area contributed by atoms with E-state index in [4.69, 9.17) is 4.74 Å². The van der Waals surface area contributed by atoms with Gasteiger partial charge in [0.05, 0.1) is 5.56 Å². The largest absolute Gasteiger partial charge is 0.508 e. The van der Waals surface area contributed by atoms with Gasteiger partial charge in [-0.2, -0.15) is 0 Å². The summed E-state index contributed by atoms with van der Waals surface area (Å²) in [6.07, 6.45) is 0. The fourth-order valence-electron chi connectivity index (χ4n) is 2.08. The molecule has 1 aliphatic rings. The number of benzene rings is 2. The molecule has 0 bridgehead atoms. The molecule has 0 aliphatic carbocycles. The average molecular weight is 226 g/mol. The Balaban J connectivity index is 2.30. The number of hydrogen-bond acceptors (Lipinski definition) is 3. The third-order valence-electron chi connectivity index (χ3n) is 2.88. The zero-order valence-corrected chi connectivity index (χ0v) is 9.01. The summed E-state index contributed by atoms with van der Waals surface area (Å²) in [5.74, 6) is -0.143. The van der Waals surface area contributed by atoms with Crippen molar-refractivity contribution >= 4 is 5.97 Å². The molecule has 84 valence electrons. The predicted octanol–water partition coefficient (Wildman–Crippen LogP) is 2.73. The van der Waals surface area contributed by atoms with Gasteiger partial charge in [0.25, 0.3) is 0 Å². The molecule has 0 fully saturated rings. The summed E-state index contributed by atoms with van der Waals surface area (Å²) in [5, 5.41) is 9.45. The Kier molecular flexibility index (Phi) is 2.11. The third kappa shape index (κ3) is 1.56. The zero-order chi connectivity index (χ0) is 11.8. The zero-order valence-electron chi connectivity index (χ0n) is 9.01. The lowest BCUT2D eigenvalue weighted by atomic mass is 9.96. The molecular weight excluding hydrogens is 216 g/mol. The Hall–Kier alpha value is -2.29. The average Bonchev–Trinajstić information content (AvgIpc) is 2.48. The van der Waals surface area contributed by atoms with E-state index in [1.807, 2.05) is 24.3 Å². The number of phenolic OH excluding ortho intramolecular Hbond substituents is 1. The summed E-state index contributed by atoms with van der Waals surface area (Å²) in [7, 11) is 0. The molecule has 1 aliphatic heterocycles. The van der Waals surface area contributed by atoms with E-state index in [9.17, 15) is 9.90 Å². The summed E-state index contributed by atoms with van der Waals surface area (Å²) in [5.41, 5.74) is 3.18. The number of phenols is 1. The van der Waals surface area contributed by atoms with Gasteiger partial charge in [-0.3, -0.25) is 0 Å². The van der Waals surface area contributed by atoms with E-state index < -0.39 is 0 Å². The maximum atomic E-state index is 11.8. The van der Waals surface area contributed by atoms with Gasteiger partial charge < -0.3 is 9.84 Å². The highest BCUT2D eigenvalue weighted by Crippen LogP contribution is 2.33. The van der Waals surface area contributed by atoms with Gasteiger partial charge in [-0.25, -0.2) is 4.79 Å². The van der Waals surface area contributed by atoms with Gasteiger partial charge in [-0.05, 0) is 29.3 Å². The van der Waals surface area contributed by atoms with E-state index in [-0.39, 0.29) is 18.3 Å². The van der Waals surface area contributed by atoms with E-state index in [1.165, 1.54) is 0 Å². The minimum absolute atomic E-state index is 0.180. The molecule has 2 aromatic carbocycles. The maximum Gasteiger partial charge on any atom is 0.339 e. The number of carbonyl (C=O) groups excluding carboxylic acids is 1. The summed E-state index contributed by atoms with van der Waals surface area (Å²) in [4.78, 5) is 11.8. The molecule has 0 amide bonds. The van der Waals surface area contributed by atoms with Crippen LogP contribution in [-0.4, -0.2) is 11.1 Å². The highest BCUT2D eigenvalue weighted by Gasteiger charge is 2.20. The van der Waals surface area contributed by atoms with Crippen molar-refractivity contribution in [3.8, 4) is 16.9 Å². The molecule has 3 heteroatoms. The first-order chi connectivity index (χ1) is 8.25. The van der Waals surface area contributed by atoms with Crippen LogP contribution < -0.4 is 0 Å². The molecule has 3 rings (SSSR count). The van der Waals surface area contributed by atoms with E-state index in [0.29, 0.717) is 5.56 Å². The lowest BCUT2D eigenvalue weighted by molar-refractivity contribution is 0.0478. The van der Waals surface area contributed by atoms with Crippen LogP contribution in [0.15, 0.2) is 42.5 Å². The van der Waals surface area contributed by atoms with Crippen LogP contribution in [0.1, 0.15) is 15.9 Å². The molecular formula is C14H10O3. The van der Waals surface area contributed by atoms with Crippen LogP contribution in [0.25, 0.3) is 11.1 Å². The van der Waals surface area contributed by atoms with Gasteiger partial charge in [-0.1, -0.05) is 24.3 Å². The Bertz CT molecular complexity index is 602. The molecule has 17 heavy (non-hydrogen) atoms. The third-order valence-corrected chi connectivity index (χ3v) is 2.88. The molecule has 3 nitrogen and oxygen atoms in total. The van der Waals surface area contributed by atoms with Gasteiger partial charge in [0, 0.05) is 5.56 Å².